The van der Waals surface area contributed by atoms with Crippen molar-refractivity contribution in [2.75, 3.05) is 13.2 Å². The van der Waals surface area contributed by atoms with Crippen molar-refractivity contribution in [1.82, 2.24) is 9.88 Å². The Kier molecular flexibility index (Phi) is 4.45. The van der Waals surface area contributed by atoms with Gasteiger partial charge in [0, 0.05) is 28.1 Å². The van der Waals surface area contributed by atoms with Gasteiger partial charge in [0.05, 0.1) is 6.54 Å². The van der Waals surface area contributed by atoms with Crippen molar-refractivity contribution in [3.05, 3.63) is 58.7 Å². The van der Waals surface area contributed by atoms with Crippen molar-refractivity contribution in [2.24, 2.45) is 0 Å². The molecule has 3 heterocycles. The number of aryl methyl sites for hydroxylation is 1. The van der Waals surface area contributed by atoms with Crippen molar-refractivity contribution in [3.63, 3.8) is 0 Å². The zero-order valence-electron chi connectivity index (χ0n) is 14.7. The summed E-state index contributed by atoms with van der Waals surface area (Å²) in [4.78, 5) is 20.6. The number of aromatic hydroxyl groups is 2. The molecule has 0 aliphatic carbocycles. The number of aromatic nitrogens is 1. The Labute approximate surface area is 160 Å². The van der Waals surface area contributed by atoms with Gasteiger partial charge in [-0.3, -0.25) is 4.79 Å². The number of carbonyl (C=O) groups is 1. The normalized spacial score (nSPS) is 13.6. The van der Waals surface area contributed by atoms with Gasteiger partial charge in [0.1, 0.15) is 12.4 Å². The molecule has 138 valence electrons. The maximum Gasteiger partial charge on any atom is 0.276 e. The van der Waals surface area contributed by atoms with Crippen LogP contribution in [0.3, 0.4) is 0 Å². The number of phenols is 1. The highest BCUT2D eigenvalue weighted by Gasteiger charge is 2.26. The average Bonchev–Trinajstić information content (AvgIpc) is 2.96. The third-order valence-corrected chi connectivity index (χ3v) is 5.47. The highest BCUT2D eigenvalue weighted by Crippen LogP contribution is 2.39. The molecular formula is C20H18N2O4S. The van der Waals surface area contributed by atoms with E-state index in [2.05, 4.69) is 4.98 Å². The molecule has 0 fully saturated rings. The molecule has 0 saturated carbocycles. The van der Waals surface area contributed by atoms with E-state index >= 15 is 0 Å². The van der Waals surface area contributed by atoms with Gasteiger partial charge in [-0.05, 0) is 48.9 Å². The first-order valence-electron chi connectivity index (χ1n) is 8.51. The summed E-state index contributed by atoms with van der Waals surface area (Å²) in [6, 6.07) is 10.7. The van der Waals surface area contributed by atoms with Crippen molar-refractivity contribution in [1.29, 1.82) is 0 Å². The number of amides is 1. The lowest BCUT2D eigenvalue weighted by Crippen LogP contribution is -2.33. The van der Waals surface area contributed by atoms with Crippen LogP contribution in [0.5, 0.6) is 17.2 Å². The molecule has 1 amide bonds. The highest BCUT2D eigenvalue weighted by molar-refractivity contribution is 7.15. The first-order valence-corrected chi connectivity index (χ1v) is 9.33. The maximum atomic E-state index is 12.8. The molecule has 1 aliphatic heterocycles. The number of pyridine rings is 1. The van der Waals surface area contributed by atoms with Crippen LogP contribution in [0.2, 0.25) is 0 Å². The van der Waals surface area contributed by atoms with Crippen LogP contribution in [-0.4, -0.2) is 39.2 Å². The number of fused-ring (bicyclic) bond motifs is 1. The Bertz CT molecular complexity index is 1010. The molecule has 2 N–H and O–H groups in total. The number of rotatable bonds is 2. The van der Waals surface area contributed by atoms with Crippen molar-refractivity contribution in [2.45, 2.75) is 13.5 Å². The molecule has 0 atom stereocenters. The van der Waals surface area contributed by atoms with E-state index in [1.54, 1.807) is 28.4 Å². The van der Waals surface area contributed by atoms with E-state index in [0.29, 0.717) is 12.3 Å². The summed E-state index contributed by atoms with van der Waals surface area (Å²) >= 11 is 1.64. The number of ether oxygens (including phenoxy) is 1. The maximum absolute atomic E-state index is 12.8. The van der Waals surface area contributed by atoms with Gasteiger partial charge < -0.3 is 19.8 Å². The smallest absolute Gasteiger partial charge is 0.276 e. The van der Waals surface area contributed by atoms with Crippen LogP contribution in [0.15, 0.2) is 42.6 Å². The van der Waals surface area contributed by atoms with Gasteiger partial charge in [0.15, 0.2) is 17.2 Å². The molecule has 2 aromatic heterocycles. The largest absolute Gasteiger partial charge is 0.505 e. The Balaban J connectivity index is 1.70. The lowest BCUT2D eigenvalue weighted by molar-refractivity contribution is 0.0724. The summed E-state index contributed by atoms with van der Waals surface area (Å²) in [5, 5.41) is 20.4. The Morgan fingerprint density at radius 1 is 1.22 bits per heavy atom. The molecule has 4 rings (SSSR count). The van der Waals surface area contributed by atoms with Crippen LogP contribution in [0.25, 0.3) is 10.4 Å². The van der Waals surface area contributed by atoms with Crippen molar-refractivity contribution < 1.29 is 19.7 Å². The minimum atomic E-state index is -0.374. The molecular weight excluding hydrogens is 364 g/mol. The molecule has 1 aliphatic rings. The van der Waals surface area contributed by atoms with Crippen LogP contribution < -0.4 is 4.74 Å². The number of hydrogen-bond acceptors (Lipinski definition) is 6. The SMILES string of the molecule is Cc1ccc(-c2cc(O)c3c(c2)CN(C(=O)c2ncccc2O)CCO3)s1. The summed E-state index contributed by atoms with van der Waals surface area (Å²) in [7, 11) is 0. The molecule has 0 unspecified atom stereocenters. The van der Waals surface area contributed by atoms with Crippen molar-refractivity contribution in [3.8, 4) is 27.7 Å². The van der Waals surface area contributed by atoms with Gasteiger partial charge >= 0.3 is 0 Å². The Morgan fingerprint density at radius 2 is 2.07 bits per heavy atom. The fourth-order valence-electron chi connectivity index (χ4n) is 3.12. The monoisotopic (exact) mass is 382 g/mol. The molecule has 27 heavy (non-hydrogen) atoms. The summed E-state index contributed by atoms with van der Waals surface area (Å²) < 4.78 is 5.70. The van der Waals surface area contributed by atoms with Gasteiger partial charge in [-0.25, -0.2) is 4.98 Å². The number of benzene rings is 1. The number of hydrogen-bond donors (Lipinski definition) is 2. The third-order valence-electron chi connectivity index (χ3n) is 4.42. The Hall–Kier alpha value is -3.06. The lowest BCUT2D eigenvalue weighted by atomic mass is 10.1. The number of carbonyl (C=O) groups excluding carboxylic acids is 1. The zero-order valence-corrected chi connectivity index (χ0v) is 15.5. The predicted molar refractivity (Wildman–Crippen MR) is 102 cm³/mol. The molecule has 3 aromatic rings. The topological polar surface area (TPSA) is 82.9 Å². The van der Waals surface area contributed by atoms with Gasteiger partial charge in [-0.2, -0.15) is 0 Å². The molecule has 6 nitrogen and oxygen atoms in total. The number of thiophene rings is 1. The van der Waals surface area contributed by atoms with Gasteiger partial charge in [-0.15, -0.1) is 11.3 Å². The Morgan fingerprint density at radius 3 is 2.81 bits per heavy atom. The number of phenolic OH excluding ortho intramolecular Hbond substituents is 1. The number of nitrogens with zero attached hydrogens (tertiary/aromatic N) is 2. The molecule has 0 radical (unpaired) electrons. The quantitative estimate of drug-likeness (QED) is 0.708. The summed E-state index contributed by atoms with van der Waals surface area (Å²) in [5.41, 5.74) is 1.61. The zero-order chi connectivity index (χ0) is 19.0. The minimum absolute atomic E-state index is 0.00945. The lowest BCUT2D eigenvalue weighted by Gasteiger charge is -2.20. The summed E-state index contributed by atoms with van der Waals surface area (Å²) in [5.74, 6) is -0.0731. The fourth-order valence-corrected chi connectivity index (χ4v) is 3.97. The first kappa shape index (κ1) is 17.4. The van der Waals surface area contributed by atoms with E-state index in [1.165, 1.54) is 17.1 Å². The second-order valence-corrected chi connectivity index (χ2v) is 7.63. The molecule has 7 heteroatoms. The minimum Gasteiger partial charge on any atom is -0.505 e. The van der Waals surface area contributed by atoms with Crippen LogP contribution in [-0.2, 0) is 6.54 Å². The van der Waals surface area contributed by atoms with Gasteiger partial charge in [0.2, 0.25) is 0 Å². The van der Waals surface area contributed by atoms with E-state index in [-0.39, 0.29) is 36.3 Å². The fraction of sp³-hybridized carbons (Fsp3) is 0.200. The molecule has 0 spiro atoms. The average molecular weight is 382 g/mol. The highest BCUT2D eigenvalue weighted by atomic mass is 32.1. The molecule has 0 saturated heterocycles. The van der Waals surface area contributed by atoms with Crippen molar-refractivity contribution >= 4 is 17.2 Å². The van der Waals surface area contributed by atoms with E-state index in [4.69, 9.17) is 4.74 Å². The van der Waals surface area contributed by atoms with Gasteiger partial charge in [-0.1, -0.05) is 0 Å². The molecule has 0 bridgehead atoms. The van der Waals surface area contributed by atoms with Gasteiger partial charge in [0.25, 0.3) is 5.91 Å². The predicted octanol–water partition coefficient (Wildman–Crippen LogP) is 3.56. The van der Waals surface area contributed by atoms with E-state index in [0.717, 1.165) is 16.0 Å². The van der Waals surface area contributed by atoms with Crippen LogP contribution in [0.4, 0.5) is 0 Å². The second kappa shape index (κ2) is 6.92. The summed E-state index contributed by atoms with van der Waals surface area (Å²) in [6.45, 7) is 2.87. The van der Waals surface area contributed by atoms with Crippen LogP contribution in [0, 0.1) is 6.92 Å². The third kappa shape index (κ3) is 3.33. The molecule has 1 aromatic carbocycles. The van der Waals surface area contributed by atoms with Crippen LogP contribution >= 0.6 is 11.3 Å². The van der Waals surface area contributed by atoms with E-state index in [9.17, 15) is 15.0 Å². The van der Waals surface area contributed by atoms with Crippen LogP contribution in [0.1, 0.15) is 20.9 Å². The second-order valence-electron chi connectivity index (χ2n) is 6.34. The standard InChI is InChI=1S/C20H18N2O4S/c1-12-4-5-17(27-12)13-9-14-11-22(7-8-26-19(14)16(24)10-13)20(25)18-15(23)3-2-6-21-18/h2-6,9-10,23-24H,7-8,11H2,1H3. The first-order chi connectivity index (χ1) is 13.0. The van der Waals surface area contributed by atoms with E-state index < -0.39 is 0 Å². The summed E-state index contributed by atoms with van der Waals surface area (Å²) in [6.07, 6.45) is 1.47. The van der Waals surface area contributed by atoms with E-state index in [1.807, 2.05) is 25.1 Å².